The first kappa shape index (κ1) is 21.0. The van der Waals surface area contributed by atoms with Gasteiger partial charge in [-0.15, -0.1) is 0 Å². The lowest BCUT2D eigenvalue weighted by Crippen LogP contribution is -2.35. The number of nitrogens with zero attached hydrogens (tertiary/aromatic N) is 1. The van der Waals surface area contributed by atoms with E-state index in [1.54, 1.807) is 25.3 Å². The van der Waals surface area contributed by atoms with Crippen LogP contribution in [0.3, 0.4) is 0 Å². The fourth-order valence-electron chi connectivity index (χ4n) is 3.38. The molecule has 1 aromatic heterocycles. The smallest absolute Gasteiger partial charge is 0.291 e. The lowest BCUT2D eigenvalue weighted by atomic mass is 10.2. The number of furan rings is 1. The molecule has 1 N–H and O–H groups in total. The molecule has 1 aliphatic heterocycles. The third-order valence-corrected chi connectivity index (χ3v) is 5.00. The lowest BCUT2D eigenvalue weighted by molar-refractivity contribution is 0.0342. The van der Waals surface area contributed by atoms with E-state index in [9.17, 15) is 4.79 Å². The molecule has 2 aromatic carbocycles. The first-order valence-corrected chi connectivity index (χ1v) is 10.3. The van der Waals surface area contributed by atoms with Crippen molar-refractivity contribution in [2.24, 2.45) is 0 Å². The highest BCUT2D eigenvalue weighted by molar-refractivity contribution is 6.02. The molecule has 2 heterocycles. The summed E-state index contributed by atoms with van der Waals surface area (Å²) >= 11 is 0. The van der Waals surface area contributed by atoms with Crippen LogP contribution in [-0.4, -0.2) is 44.2 Å². The van der Waals surface area contributed by atoms with Gasteiger partial charge in [-0.2, -0.15) is 0 Å². The fourth-order valence-corrected chi connectivity index (χ4v) is 3.38. The molecule has 0 radical (unpaired) electrons. The van der Waals surface area contributed by atoms with E-state index >= 15 is 0 Å². The van der Waals surface area contributed by atoms with Gasteiger partial charge in [0.2, 0.25) is 0 Å². The van der Waals surface area contributed by atoms with E-state index < -0.39 is 0 Å². The average Bonchev–Trinajstić information content (AvgIpc) is 3.28. The maximum atomic E-state index is 12.6. The van der Waals surface area contributed by atoms with Gasteiger partial charge in [-0.05, 0) is 42.0 Å². The summed E-state index contributed by atoms with van der Waals surface area (Å²) in [6.45, 7) is 4.42. The van der Waals surface area contributed by atoms with Crippen molar-refractivity contribution in [2.45, 2.75) is 13.2 Å². The zero-order chi connectivity index (χ0) is 21.5. The normalized spacial score (nSPS) is 14.2. The van der Waals surface area contributed by atoms with Gasteiger partial charge in [0.25, 0.3) is 5.91 Å². The van der Waals surface area contributed by atoms with Crippen molar-refractivity contribution in [1.29, 1.82) is 0 Å². The van der Waals surface area contributed by atoms with Crippen LogP contribution in [0.1, 0.15) is 21.9 Å². The van der Waals surface area contributed by atoms with E-state index in [0.717, 1.165) is 44.1 Å². The Kier molecular flexibility index (Phi) is 6.86. The predicted octanol–water partition coefficient (Wildman–Crippen LogP) is 3.95. The summed E-state index contributed by atoms with van der Waals surface area (Å²) in [4.78, 5) is 14.9. The molecule has 0 bridgehead atoms. The van der Waals surface area contributed by atoms with E-state index in [4.69, 9.17) is 18.6 Å². The zero-order valence-corrected chi connectivity index (χ0v) is 17.5. The largest absolute Gasteiger partial charge is 0.497 e. The van der Waals surface area contributed by atoms with Gasteiger partial charge in [0, 0.05) is 31.4 Å². The average molecular weight is 422 g/mol. The quantitative estimate of drug-likeness (QED) is 0.593. The second-order valence-electron chi connectivity index (χ2n) is 7.28. The summed E-state index contributed by atoms with van der Waals surface area (Å²) in [5, 5.41) is 2.90. The number of anilines is 1. The van der Waals surface area contributed by atoms with Gasteiger partial charge in [-0.3, -0.25) is 9.69 Å². The SMILES string of the molecule is COc1cccc(OCc2ccc(C(=O)Nc3cccc(CN4CCOCC4)c3)o2)c1. The van der Waals surface area contributed by atoms with Crippen LogP contribution in [0, 0.1) is 0 Å². The van der Waals surface area contributed by atoms with Gasteiger partial charge < -0.3 is 23.9 Å². The number of nitrogens with one attached hydrogen (secondary N) is 1. The minimum Gasteiger partial charge on any atom is -0.497 e. The zero-order valence-electron chi connectivity index (χ0n) is 17.5. The van der Waals surface area contributed by atoms with Crippen LogP contribution in [0.5, 0.6) is 11.5 Å². The number of benzene rings is 2. The van der Waals surface area contributed by atoms with Crippen LogP contribution < -0.4 is 14.8 Å². The Morgan fingerprint density at radius 3 is 2.68 bits per heavy atom. The highest BCUT2D eigenvalue weighted by Crippen LogP contribution is 2.21. The third-order valence-electron chi connectivity index (χ3n) is 5.00. The predicted molar refractivity (Wildman–Crippen MR) is 117 cm³/mol. The molecule has 3 aromatic rings. The summed E-state index contributed by atoms with van der Waals surface area (Å²) in [5.41, 5.74) is 1.88. The Morgan fingerprint density at radius 1 is 1.03 bits per heavy atom. The molecule has 0 unspecified atom stereocenters. The lowest BCUT2D eigenvalue weighted by Gasteiger charge is -2.26. The number of hydrogen-bond donors (Lipinski definition) is 1. The van der Waals surface area contributed by atoms with E-state index in [0.29, 0.717) is 17.3 Å². The number of ether oxygens (including phenoxy) is 3. The Morgan fingerprint density at radius 2 is 1.84 bits per heavy atom. The summed E-state index contributed by atoms with van der Waals surface area (Å²) in [5.74, 6) is 1.89. The number of hydrogen-bond acceptors (Lipinski definition) is 6. The van der Waals surface area contributed by atoms with Crippen molar-refractivity contribution in [2.75, 3.05) is 38.7 Å². The molecule has 0 atom stereocenters. The third kappa shape index (κ3) is 5.87. The van der Waals surface area contributed by atoms with Gasteiger partial charge in [0.1, 0.15) is 23.9 Å². The summed E-state index contributed by atoms with van der Waals surface area (Å²) < 4.78 is 22.0. The molecule has 7 heteroatoms. The minimum absolute atomic E-state index is 0.218. The van der Waals surface area contributed by atoms with Gasteiger partial charge in [-0.1, -0.05) is 18.2 Å². The molecule has 162 valence electrons. The molecule has 31 heavy (non-hydrogen) atoms. The molecule has 0 aliphatic carbocycles. The van der Waals surface area contributed by atoms with Crippen molar-refractivity contribution in [3.8, 4) is 11.5 Å². The Bertz CT molecular complexity index is 1010. The van der Waals surface area contributed by atoms with Crippen molar-refractivity contribution in [1.82, 2.24) is 4.90 Å². The monoisotopic (exact) mass is 422 g/mol. The number of carbonyl (C=O) groups excluding carboxylic acids is 1. The molecule has 4 rings (SSSR count). The van der Waals surface area contributed by atoms with Crippen LogP contribution in [0.25, 0.3) is 0 Å². The highest BCUT2D eigenvalue weighted by atomic mass is 16.5. The Balaban J connectivity index is 1.32. The summed E-state index contributed by atoms with van der Waals surface area (Å²) in [6, 6.07) is 18.6. The molecule has 1 amide bonds. The number of amides is 1. The molecular formula is C24H26N2O5. The first-order valence-electron chi connectivity index (χ1n) is 10.3. The van der Waals surface area contributed by atoms with Gasteiger partial charge >= 0.3 is 0 Å². The maximum Gasteiger partial charge on any atom is 0.291 e. The topological polar surface area (TPSA) is 73.2 Å². The van der Waals surface area contributed by atoms with Crippen LogP contribution in [0.4, 0.5) is 5.69 Å². The second-order valence-corrected chi connectivity index (χ2v) is 7.28. The highest BCUT2D eigenvalue weighted by Gasteiger charge is 2.14. The van der Waals surface area contributed by atoms with Gasteiger partial charge in [-0.25, -0.2) is 0 Å². The van der Waals surface area contributed by atoms with Crippen molar-refractivity contribution in [3.05, 3.63) is 77.7 Å². The van der Waals surface area contributed by atoms with Gasteiger partial charge in [0.15, 0.2) is 5.76 Å². The van der Waals surface area contributed by atoms with Crippen molar-refractivity contribution < 1.29 is 23.4 Å². The van der Waals surface area contributed by atoms with Crippen LogP contribution >= 0.6 is 0 Å². The molecular weight excluding hydrogens is 396 g/mol. The Labute approximate surface area is 181 Å². The number of rotatable bonds is 8. The maximum absolute atomic E-state index is 12.6. The molecule has 1 aliphatic rings. The Hall–Kier alpha value is -3.29. The van der Waals surface area contributed by atoms with E-state index in [2.05, 4.69) is 16.3 Å². The van der Waals surface area contributed by atoms with E-state index in [1.807, 2.05) is 36.4 Å². The van der Waals surface area contributed by atoms with E-state index in [1.165, 1.54) is 0 Å². The van der Waals surface area contributed by atoms with Crippen molar-refractivity contribution in [3.63, 3.8) is 0 Å². The summed E-state index contributed by atoms with van der Waals surface area (Å²) in [6.07, 6.45) is 0. The number of morpholine rings is 1. The van der Waals surface area contributed by atoms with Crippen LogP contribution in [-0.2, 0) is 17.9 Å². The fraction of sp³-hybridized carbons (Fsp3) is 0.292. The van der Waals surface area contributed by atoms with Crippen LogP contribution in [0.15, 0.2) is 65.1 Å². The standard InChI is InChI=1S/C24H26N2O5/c1-28-20-6-3-7-21(15-20)30-17-22-8-9-23(31-22)24(27)25-19-5-2-4-18(14-19)16-26-10-12-29-13-11-26/h2-9,14-15H,10-13,16-17H2,1H3,(H,25,27). The minimum atomic E-state index is -0.295. The molecule has 1 saturated heterocycles. The van der Waals surface area contributed by atoms with Crippen LogP contribution in [0.2, 0.25) is 0 Å². The number of methoxy groups -OCH3 is 1. The molecule has 1 fully saturated rings. The van der Waals surface area contributed by atoms with Crippen molar-refractivity contribution >= 4 is 11.6 Å². The molecule has 0 saturated carbocycles. The molecule has 7 nitrogen and oxygen atoms in total. The second kappa shape index (κ2) is 10.1. The first-order chi connectivity index (χ1) is 15.2. The van der Waals surface area contributed by atoms with Gasteiger partial charge in [0.05, 0.1) is 20.3 Å². The number of carbonyl (C=O) groups is 1. The molecule has 0 spiro atoms. The van der Waals surface area contributed by atoms with E-state index in [-0.39, 0.29) is 18.3 Å². The summed E-state index contributed by atoms with van der Waals surface area (Å²) in [7, 11) is 1.61.